The molecule has 0 radical (unpaired) electrons. The van der Waals surface area contributed by atoms with Crippen molar-refractivity contribution in [3.63, 3.8) is 0 Å². The Morgan fingerprint density at radius 2 is 1.96 bits per heavy atom. The number of benzene rings is 2. The van der Waals surface area contributed by atoms with Gasteiger partial charge in [0.05, 0.1) is 24.2 Å². The fourth-order valence-electron chi connectivity index (χ4n) is 2.41. The zero-order valence-corrected chi connectivity index (χ0v) is 15.6. The first-order valence-electron chi connectivity index (χ1n) is 7.77. The fraction of sp³-hybridized carbons (Fsp3) is 0.211. The first-order chi connectivity index (χ1) is 12.3. The van der Waals surface area contributed by atoms with Gasteiger partial charge in [0.1, 0.15) is 5.75 Å². The van der Waals surface area contributed by atoms with Gasteiger partial charge in [-0.15, -0.1) is 6.42 Å². The minimum Gasteiger partial charge on any atom is -0.495 e. The Bertz CT molecular complexity index is 962. The Morgan fingerprint density at radius 3 is 2.62 bits per heavy atom. The van der Waals surface area contributed by atoms with E-state index in [1.54, 1.807) is 37.3 Å². The average molecular weight is 372 g/mol. The summed E-state index contributed by atoms with van der Waals surface area (Å²) in [5.74, 6) is 2.32. The SMILES string of the molecule is C#CCNC(=O)c1cc(S(=O)(=O)N(C)c2ccccc2OC)ccc1C. The standard InChI is InChI=1S/C19H20N2O4S/c1-5-12-20-19(22)16-13-15(11-10-14(16)2)26(23,24)21(3)17-8-6-7-9-18(17)25-4/h1,6-11,13H,12H2,2-4H3,(H,20,22). The second kappa shape index (κ2) is 7.93. The van der Waals surface area contributed by atoms with Crippen LogP contribution in [0, 0.1) is 19.3 Å². The van der Waals surface area contributed by atoms with E-state index in [4.69, 9.17) is 11.2 Å². The van der Waals surface area contributed by atoms with Crippen LogP contribution in [-0.4, -0.2) is 35.0 Å². The number of carbonyl (C=O) groups excluding carboxylic acids is 1. The third-order valence-corrected chi connectivity index (χ3v) is 5.65. The Kier molecular flexibility index (Phi) is 5.90. The number of nitrogens with zero attached hydrogens (tertiary/aromatic N) is 1. The number of hydrogen-bond donors (Lipinski definition) is 1. The van der Waals surface area contributed by atoms with Gasteiger partial charge < -0.3 is 10.1 Å². The van der Waals surface area contributed by atoms with Crippen molar-refractivity contribution in [3.8, 4) is 18.1 Å². The van der Waals surface area contributed by atoms with Crippen molar-refractivity contribution in [2.75, 3.05) is 25.0 Å². The van der Waals surface area contributed by atoms with Crippen LogP contribution in [0.2, 0.25) is 0 Å². The predicted octanol–water partition coefficient (Wildman–Crippen LogP) is 2.19. The molecule has 0 bridgehead atoms. The number of ether oxygens (including phenoxy) is 1. The number of aryl methyl sites for hydroxylation is 1. The molecule has 1 N–H and O–H groups in total. The molecule has 0 aromatic heterocycles. The number of terminal acetylenes is 1. The first kappa shape index (κ1) is 19.3. The molecule has 0 fully saturated rings. The second-order valence-electron chi connectivity index (χ2n) is 5.51. The summed E-state index contributed by atoms with van der Waals surface area (Å²) in [5.41, 5.74) is 1.31. The number of amides is 1. The summed E-state index contributed by atoms with van der Waals surface area (Å²) >= 11 is 0. The highest BCUT2D eigenvalue weighted by molar-refractivity contribution is 7.92. The van der Waals surface area contributed by atoms with E-state index in [-0.39, 0.29) is 17.0 Å². The molecule has 1 amide bonds. The molecule has 0 saturated heterocycles. The van der Waals surface area contributed by atoms with Gasteiger partial charge in [0.25, 0.3) is 15.9 Å². The van der Waals surface area contributed by atoms with Gasteiger partial charge in [-0.1, -0.05) is 24.1 Å². The summed E-state index contributed by atoms with van der Waals surface area (Å²) in [4.78, 5) is 12.2. The molecule has 2 aromatic rings. The monoisotopic (exact) mass is 372 g/mol. The van der Waals surface area contributed by atoms with Crippen LogP contribution < -0.4 is 14.4 Å². The van der Waals surface area contributed by atoms with Crippen LogP contribution in [0.3, 0.4) is 0 Å². The third kappa shape index (κ3) is 3.81. The molecular formula is C19H20N2O4S. The molecule has 0 atom stereocenters. The van der Waals surface area contributed by atoms with Crippen LogP contribution in [0.25, 0.3) is 0 Å². The molecule has 2 rings (SSSR count). The Balaban J connectivity index is 2.46. The lowest BCUT2D eigenvalue weighted by molar-refractivity contribution is 0.0958. The highest BCUT2D eigenvalue weighted by Crippen LogP contribution is 2.31. The van der Waals surface area contributed by atoms with Crippen LogP contribution in [0.5, 0.6) is 5.75 Å². The largest absolute Gasteiger partial charge is 0.495 e. The van der Waals surface area contributed by atoms with Gasteiger partial charge in [-0.25, -0.2) is 8.42 Å². The summed E-state index contributed by atoms with van der Waals surface area (Å²) in [5, 5.41) is 2.54. The minimum atomic E-state index is -3.88. The van der Waals surface area contributed by atoms with Crippen LogP contribution in [0.15, 0.2) is 47.4 Å². The number of sulfonamides is 1. The zero-order valence-electron chi connectivity index (χ0n) is 14.8. The second-order valence-corrected chi connectivity index (χ2v) is 7.48. The predicted molar refractivity (Wildman–Crippen MR) is 101 cm³/mol. The van der Waals surface area contributed by atoms with E-state index in [0.29, 0.717) is 17.0 Å². The zero-order chi connectivity index (χ0) is 19.3. The molecule has 0 aliphatic carbocycles. The summed E-state index contributed by atoms with van der Waals surface area (Å²) in [6.07, 6.45) is 5.14. The van der Waals surface area contributed by atoms with Crippen molar-refractivity contribution in [2.24, 2.45) is 0 Å². The van der Waals surface area contributed by atoms with E-state index >= 15 is 0 Å². The van der Waals surface area contributed by atoms with Crippen molar-refractivity contribution in [1.29, 1.82) is 0 Å². The number of rotatable bonds is 6. The number of carbonyl (C=O) groups is 1. The molecule has 0 unspecified atom stereocenters. The molecule has 0 spiro atoms. The summed E-state index contributed by atoms with van der Waals surface area (Å²) in [7, 11) is -0.978. The van der Waals surface area contributed by atoms with Gasteiger partial charge in [-0.3, -0.25) is 9.10 Å². The number of para-hydroxylation sites is 2. The van der Waals surface area contributed by atoms with Gasteiger partial charge >= 0.3 is 0 Å². The maximum Gasteiger partial charge on any atom is 0.264 e. The highest BCUT2D eigenvalue weighted by atomic mass is 32.2. The Labute approximate surface area is 153 Å². The summed E-state index contributed by atoms with van der Waals surface area (Å²) in [6, 6.07) is 11.2. The lowest BCUT2D eigenvalue weighted by Gasteiger charge is -2.22. The van der Waals surface area contributed by atoms with E-state index in [1.807, 2.05) is 0 Å². The molecule has 26 heavy (non-hydrogen) atoms. The molecule has 6 nitrogen and oxygen atoms in total. The van der Waals surface area contributed by atoms with E-state index in [1.165, 1.54) is 26.3 Å². The smallest absolute Gasteiger partial charge is 0.264 e. The van der Waals surface area contributed by atoms with Gasteiger partial charge in [0.15, 0.2) is 0 Å². The maximum absolute atomic E-state index is 13.0. The molecule has 136 valence electrons. The van der Waals surface area contributed by atoms with Crippen molar-refractivity contribution >= 4 is 21.6 Å². The molecule has 0 heterocycles. The van der Waals surface area contributed by atoms with Crippen molar-refractivity contribution < 1.29 is 17.9 Å². The normalized spacial score (nSPS) is 10.7. The van der Waals surface area contributed by atoms with Crippen molar-refractivity contribution in [1.82, 2.24) is 5.32 Å². The van der Waals surface area contributed by atoms with E-state index in [0.717, 1.165) is 4.31 Å². The summed E-state index contributed by atoms with van der Waals surface area (Å²) in [6.45, 7) is 1.79. The highest BCUT2D eigenvalue weighted by Gasteiger charge is 2.25. The van der Waals surface area contributed by atoms with Crippen LogP contribution in [0.1, 0.15) is 15.9 Å². The summed E-state index contributed by atoms with van der Waals surface area (Å²) < 4.78 is 32.4. The van der Waals surface area contributed by atoms with E-state index in [2.05, 4.69) is 11.2 Å². The van der Waals surface area contributed by atoms with E-state index in [9.17, 15) is 13.2 Å². The molecule has 7 heteroatoms. The lowest BCUT2D eigenvalue weighted by Crippen LogP contribution is -2.28. The maximum atomic E-state index is 13.0. The van der Waals surface area contributed by atoms with Gasteiger partial charge in [-0.05, 0) is 36.8 Å². The topological polar surface area (TPSA) is 75.7 Å². The molecule has 0 saturated carbocycles. The number of hydrogen-bond acceptors (Lipinski definition) is 4. The molecule has 2 aromatic carbocycles. The van der Waals surface area contributed by atoms with Crippen molar-refractivity contribution in [2.45, 2.75) is 11.8 Å². The number of anilines is 1. The van der Waals surface area contributed by atoms with Gasteiger partial charge in [0, 0.05) is 12.6 Å². The number of nitrogens with one attached hydrogen (secondary N) is 1. The van der Waals surface area contributed by atoms with E-state index < -0.39 is 15.9 Å². The van der Waals surface area contributed by atoms with Gasteiger partial charge in [0.2, 0.25) is 0 Å². The molecule has 0 aliphatic rings. The molecular weight excluding hydrogens is 352 g/mol. The van der Waals surface area contributed by atoms with Crippen LogP contribution in [-0.2, 0) is 10.0 Å². The average Bonchev–Trinajstić information content (AvgIpc) is 2.65. The third-order valence-electron chi connectivity index (χ3n) is 3.89. The fourth-order valence-corrected chi connectivity index (χ4v) is 3.64. The van der Waals surface area contributed by atoms with Crippen molar-refractivity contribution in [3.05, 3.63) is 53.6 Å². The lowest BCUT2D eigenvalue weighted by atomic mass is 10.1. The van der Waals surface area contributed by atoms with Gasteiger partial charge in [-0.2, -0.15) is 0 Å². The molecule has 0 aliphatic heterocycles. The minimum absolute atomic E-state index is 0.00219. The van der Waals surface area contributed by atoms with Crippen LogP contribution in [0.4, 0.5) is 5.69 Å². The first-order valence-corrected chi connectivity index (χ1v) is 9.21. The Morgan fingerprint density at radius 1 is 1.27 bits per heavy atom. The number of methoxy groups -OCH3 is 1. The quantitative estimate of drug-likeness (QED) is 0.789. The van der Waals surface area contributed by atoms with Crippen LogP contribution >= 0.6 is 0 Å². The Hall–Kier alpha value is -2.98.